The number of fused-ring (bicyclic) bond motifs is 2. The van der Waals surface area contributed by atoms with Gasteiger partial charge in [0.25, 0.3) is 0 Å². The molecule has 1 aliphatic heterocycles. The molecule has 5 rings (SSSR count). The van der Waals surface area contributed by atoms with Crippen molar-refractivity contribution in [2.75, 3.05) is 20.2 Å². The van der Waals surface area contributed by atoms with Gasteiger partial charge in [-0.15, -0.1) is 0 Å². The summed E-state index contributed by atoms with van der Waals surface area (Å²) < 4.78 is 5.43. The average molecular weight is 467 g/mol. The van der Waals surface area contributed by atoms with Gasteiger partial charge in [0.1, 0.15) is 5.75 Å². The van der Waals surface area contributed by atoms with E-state index in [0.29, 0.717) is 24.8 Å². The number of aromatic nitrogens is 1. The number of piperidine rings is 1. The first-order valence-corrected chi connectivity index (χ1v) is 13.1. The summed E-state index contributed by atoms with van der Waals surface area (Å²) in [6, 6.07) is 7.68. The van der Waals surface area contributed by atoms with Crippen LogP contribution in [0.2, 0.25) is 0 Å². The van der Waals surface area contributed by atoms with E-state index in [1.54, 1.807) is 13.3 Å². The second kappa shape index (κ2) is 10.2. The van der Waals surface area contributed by atoms with Gasteiger partial charge in [-0.3, -0.25) is 9.78 Å². The molecule has 6 nitrogen and oxygen atoms in total. The van der Waals surface area contributed by atoms with Crippen LogP contribution in [0, 0.1) is 35.5 Å². The molecule has 7 atom stereocenters. The molecule has 2 saturated carbocycles. The van der Waals surface area contributed by atoms with Crippen LogP contribution in [0.4, 0.5) is 0 Å². The Balaban J connectivity index is 1.46. The van der Waals surface area contributed by atoms with Crippen molar-refractivity contribution >= 4 is 16.9 Å². The van der Waals surface area contributed by atoms with E-state index in [1.165, 1.54) is 38.5 Å². The van der Waals surface area contributed by atoms with Crippen molar-refractivity contribution in [2.24, 2.45) is 35.5 Å². The van der Waals surface area contributed by atoms with Crippen LogP contribution >= 0.6 is 0 Å². The second-order valence-electron chi connectivity index (χ2n) is 10.8. The molecule has 34 heavy (non-hydrogen) atoms. The van der Waals surface area contributed by atoms with Crippen LogP contribution in [0.15, 0.2) is 30.5 Å². The number of hydrogen-bond donors (Lipinski definition) is 3. The summed E-state index contributed by atoms with van der Waals surface area (Å²) in [5.41, 5.74) is 1.71. The summed E-state index contributed by atoms with van der Waals surface area (Å²) in [4.78, 5) is 16.7. The number of carboxylic acids is 1. The van der Waals surface area contributed by atoms with Gasteiger partial charge in [0, 0.05) is 18.1 Å². The highest BCUT2D eigenvalue weighted by Gasteiger charge is 2.49. The van der Waals surface area contributed by atoms with Crippen LogP contribution in [-0.4, -0.2) is 41.4 Å². The Morgan fingerprint density at radius 3 is 2.85 bits per heavy atom. The molecule has 2 aliphatic carbocycles. The van der Waals surface area contributed by atoms with Gasteiger partial charge in [-0.05, 0) is 91.6 Å². The third kappa shape index (κ3) is 4.55. The number of rotatable bonds is 7. The normalized spacial score (nSPS) is 31.1. The number of carbonyl (C=O) groups is 1. The number of nitrogens with one attached hydrogen (secondary N) is 1. The number of aliphatic carboxylic acids is 1. The topological polar surface area (TPSA) is 91.7 Å². The average Bonchev–Trinajstić information content (AvgIpc) is 3.03. The molecule has 0 amide bonds. The van der Waals surface area contributed by atoms with E-state index < -0.39 is 12.1 Å². The van der Waals surface area contributed by atoms with Crippen molar-refractivity contribution in [1.29, 1.82) is 0 Å². The molecule has 6 heteroatoms. The summed E-state index contributed by atoms with van der Waals surface area (Å²) in [5, 5.41) is 25.8. The molecule has 1 saturated heterocycles. The molecular weight excluding hydrogens is 428 g/mol. The van der Waals surface area contributed by atoms with E-state index in [-0.39, 0.29) is 17.8 Å². The number of aliphatic hydroxyl groups excluding tert-OH is 1. The minimum absolute atomic E-state index is 0.102. The Kier molecular flexibility index (Phi) is 7.07. The summed E-state index contributed by atoms with van der Waals surface area (Å²) in [6.07, 6.45) is 10.3. The SMILES string of the molecule is COc1ccc2nccc([C@H](O)C[C@@H](C3CCNCC3C(=O)O)C3CC4CCCCCC43)c2c1. The molecule has 2 heterocycles. The molecule has 184 valence electrons. The first kappa shape index (κ1) is 23.6. The van der Waals surface area contributed by atoms with Crippen LogP contribution in [0.25, 0.3) is 10.9 Å². The lowest BCUT2D eigenvalue weighted by Crippen LogP contribution is -2.50. The summed E-state index contributed by atoms with van der Waals surface area (Å²) in [5.74, 6) is 1.98. The number of benzene rings is 1. The Hall–Kier alpha value is -2.18. The lowest BCUT2D eigenvalue weighted by molar-refractivity contribution is -0.147. The van der Waals surface area contributed by atoms with Crippen LogP contribution < -0.4 is 10.1 Å². The molecule has 2 aromatic rings. The number of hydrogen-bond acceptors (Lipinski definition) is 5. The highest BCUT2D eigenvalue weighted by molar-refractivity contribution is 5.83. The molecule has 0 radical (unpaired) electrons. The molecule has 0 spiro atoms. The number of carboxylic acid groups (broad SMARTS) is 1. The number of ether oxygens (including phenoxy) is 1. The maximum atomic E-state index is 12.2. The van der Waals surface area contributed by atoms with Gasteiger partial charge in [-0.25, -0.2) is 0 Å². The maximum absolute atomic E-state index is 12.2. The molecule has 3 aliphatic rings. The van der Waals surface area contributed by atoms with Gasteiger partial charge in [0.15, 0.2) is 0 Å². The molecule has 5 unspecified atom stereocenters. The van der Waals surface area contributed by atoms with E-state index in [2.05, 4.69) is 10.3 Å². The van der Waals surface area contributed by atoms with E-state index >= 15 is 0 Å². The zero-order valence-electron chi connectivity index (χ0n) is 20.2. The zero-order valence-corrected chi connectivity index (χ0v) is 20.2. The number of methoxy groups -OCH3 is 1. The van der Waals surface area contributed by atoms with Gasteiger partial charge in [-0.1, -0.05) is 25.7 Å². The molecular formula is C28H38N2O4. The molecule has 0 bridgehead atoms. The Morgan fingerprint density at radius 2 is 2.03 bits per heavy atom. The second-order valence-corrected chi connectivity index (χ2v) is 10.8. The quantitative estimate of drug-likeness (QED) is 0.542. The highest BCUT2D eigenvalue weighted by Crippen LogP contribution is 2.56. The fourth-order valence-electron chi connectivity index (χ4n) is 7.37. The number of nitrogens with zero attached hydrogens (tertiary/aromatic N) is 1. The monoisotopic (exact) mass is 466 g/mol. The first-order chi connectivity index (χ1) is 16.6. The molecule has 1 aromatic heterocycles. The first-order valence-electron chi connectivity index (χ1n) is 13.1. The van der Waals surface area contributed by atoms with Crippen molar-refractivity contribution in [2.45, 2.75) is 57.5 Å². The molecule has 3 N–H and O–H groups in total. The van der Waals surface area contributed by atoms with Crippen molar-refractivity contribution in [1.82, 2.24) is 10.3 Å². The minimum atomic E-state index is -0.701. The van der Waals surface area contributed by atoms with Gasteiger partial charge in [-0.2, -0.15) is 0 Å². The maximum Gasteiger partial charge on any atom is 0.308 e. The molecule has 1 aromatic carbocycles. The summed E-state index contributed by atoms with van der Waals surface area (Å²) in [7, 11) is 1.65. The van der Waals surface area contributed by atoms with Crippen LogP contribution in [0.3, 0.4) is 0 Å². The fourth-order valence-corrected chi connectivity index (χ4v) is 7.37. The summed E-state index contributed by atoms with van der Waals surface area (Å²) in [6.45, 7) is 1.39. The third-order valence-corrected chi connectivity index (χ3v) is 9.13. The standard InChI is InChI=1S/C28H38N2O4/c1-34-18-7-8-26-24(14-18)21(10-12-30-26)27(31)15-23(20-9-11-29-16-25(20)28(32)33)22-13-17-5-3-2-4-6-19(17)22/h7-8,10,12,14,17,19-20,22-23,25,27,29,31H,2-6,9,11,13,15-16H2,1H3,(H,32,33)/t17?,19?,20?,22?,23-,25?,27+/m0/s1. The Morgan fingerprint density at radius 1 is 1.18 bits per heavy atom. The van der Waals surface area contributed by atoms with E-state index in [4.69, 9.17) is 4.74 Å². The van der Waals surface area contributed by atoms with Crippen LogP contribution in [0.5, 0.6) is 5.75 Å². The zero-order chi connectivity index (χ0) is 23.7. The van der Waals surface area contributed by atoms with Crippen LogP contribution in [0.1, 0.15) is 63.0 Å². The van der Waals surface area contributed by atoms with Crippen molar-refractivity contribution in [3.8, 4) is 5.75 Å². The Labute approximate surface area is 202 Å². The molecule has 3 fully saturated rings. The van der Waals surface area contributed by atoms with Crippen molar-refractivity contribution in [3.63, 3.8) is 0 Å². The van der Waals surface area contributed by atoms with Gasteiger partial charge in [0.2, 0.25) is 0 Å². The van der Waals surface area contributed by atoms with Crippen molar-refractivity contribution < 1.29 is 19.7 Å². The smallest absolute Gasteiger partial charge is 0.308 e. The predicted octanol–water partition coefficient (Wildman–Crippen LogP) is 4.81. The largest absolute Gasteiger partial charge is 0.497 e. The lowest BCUT2D eigenvalue weighted by atomic mass is 9.53. The van der Waals surface area contributed by atoms with E-state index in [0.717, 1.165) is 41.1 Å². The number of pyridine rings is 1. The van der Waals surface area contributed by atoms with Gasteiger partial charge in [0.05, 0.1) is 24.6 Å². The predicted molar refractivity (Wildman–Crippen MR) is 132 cm³/mol. The van der Waals surface area contributed by atoms with Gasteiger partial charge >= 0.3 is 5.97 Å². The lowest BCUT2D eigenvalue weighted by Gasteiger charge is -2.52. The van der Waals surface area contributed by atoms with Crippen LogP contribution in [-0.2, 0) is 4.79 Å². The Bertz CT molecular complexity index is 1010. The number of aliphatic hydroxyl groups is 1. The van der Waals surface area contributed by atoms with Gasteiger partial charge < -0.3 is 20.3 Å². The van der Waals surface area contributed by atoms with E-state index in [1.807, 2.05) is 24.3 Å². The summed E-state index contributed by atoms with van der Waals surface area (Å²) >= 11 is 0. The minimum Gasteiger partial charge on any atom is -0.497 e. The van der Waals surface area contributed by atoms with Crippen molar-refractivity contribution in [3.05, 3.63) is 36.0 Å². The van der Waals surface area contributed by atoms with E-state index in [9.17, 15) is 15.0 Å². The third-order valence-electron chi connectivity index (χ3n) is 9.13. The fraction of sp³-hybridized carbons (Fsp3) is 0.643. The highest BCUT2D eigenvalue weighted by atomic mass is 16.5.